The number of likely N-dealkylation sites (N-methyl/N-ethyl adjacent to an activating group) is 1. The molecule has 0 amide bonds. The predicted octanol–water partition coefficient (Wildman–Crippen LogP) is 14.8. The highest BCUT2D eigenvalue weighted by molar-refractivity contribution is 6.11. The van der Waals surface area contributed by atoms with Crippen LogP contribution in [-0.4, -0.2) is 76.1 Å². The summed E-state index contributed by atoms with van der Waals surface area (Å²) in [4.78, 5) is 27.4. The van der Waals surface area contributed by atoms with Crippen LogP contribution in [0, 0.1) is 0 Å². The number of benzene rings is 9. The molecule has 0 aliphatic rings. The fraction of sp³-hybridized carbons (Fsp3) is 0.147. The van der Waals surface area contributed by atoms with Gasteiger partial charge in [0.05, 0.1) is 6.54 Å². The number of rotatable bonds is 20. The molecule has 4 N–H and O–H groups in total. The number of para-hydroxylation sites is 4. The topological polar surface area (TPSA) is 131 Å². The molecule has 0 saturated carbocycles. The van der Waals surface area contributed by atoms with Crippen molar-refractivity contribution in [2.24, 2.45) is 0 Å². The predicted molar refractivity (Wildman–Crippen MR) is 332 cm³/mol. The smallest absolute Gasteiger partial charge is 0.183 e. The highest BCUT2D eigenvalue weighted by Gasteiger charge is 2.18. The van der Waals surface area contributed by atoms with Crippen LogP contribution in [0.25, 0.3) is 76.8 Å². The first-order chi connectivity index (χ1) is 40.0. The van der Waals surface area contributed by atoms with E-state index in [1.807, 2.05) is 15.7 Å². The van der Waals surface area contributed by atoms with Gasteiger partial charge in [-0.3, -0.25) is 9.36 Å². The molecule has 0 saturated heterocycles. The molecule has 5 heterocycles. The summed E-state index contributed by atoms with van der Waals surface area (Å²) in [6.07, 6.45) is 6.99. The van der Waals surface area contributed by atoms with Crippen molar-refractivity contribution >= 4 is 93.9 Å². The van der Waals surface area contributed by atoms with Crippen LogP contribution in [0.2, 0.25) is 0 Å². The summed E-state index contributed by atoms with van der Waals surface area (Å²) in [5, 5.41) is 20.7. The van der Waals surface area contributed by atoms with E-state index in [-0.39, 0.29) is 0 Å². The van der Waals surface area contributed by atoms with Gasteiger partial charge in [0.1, 0.15) is 19.0 Å². The first-order valence-corrected chi connectivity index (χ1v) is 28.0. The third-order valence-corrected chi connectivity index (χ3v) is 15.8. The molecule has 9 aromatic carbocycles. The Labute approximate surface area is 469 Å². The minimum atomic E-state index is 0.691. The van der Waals surface area contributed by atoms with E-state index in [9.17, 15) is 0 Å². The maximum atomic E-state index is 5.08. The van der Waals surface area contributed by atoms with Crippen LogP contribution in [0.3, 0.4) is 0 Å². The van der Waals surface area contributed by atoms with E-state index >= 15 is 0 Å². The zero-order chi connectivity index (χ0) is 54.1. The molecule has 0 unspecified atom stereocenters. The second-order valence-electron chi connectivity index (χ2n) is 21.3. The van der Waals surface area contributed by atoms with Gasteiger partial charge in [0.2, 0.25) is 0 Å². The first-order valence-electron chi connectivity index (χ1n) is 28.0. The van der Waals surface area contributed by atoms with Crippen molar-refractivity contribution in [3.05, 3.63) is 236 Å². The number of H-pyrrole nitrogens is 3. The molecule has 0 fully saturated rings. The summed E-state index contributed by atoms with van der Waals surface area (Å²) in [7, 11) is 2.22. The van der Waals surface area contributed by atoms with E-state index < -0.39 is 0 Å². The van der Waals surface area contributed by atoms with Crippen molar-refractivity contribution in [3.8, 4) is 11.4 Å². The number of aromatic amines is 3. The van der Waals surface area contributed by atoms with Crippen LogP contribution in [0.5, 0.6) is 0 Å². The number of aryl methyl sites for hydroxylation is 1. The quantitative estimate of drug-likeness (QED) is 0.0594. The van der Waals surface area contributed by atoms with Crippen LogP contribution >= 0.6 is 0 Å². The Morgan fingerprint density at radius 1 is 0.494 bits per heavy atom. The van der Waals surface area contributed by atoms with Gasteiger partial charge < -0.3 is 35.0 Å². The van der Waals surface area contributed by atoms with Crippen LogP contribution in [0.15, 0.2) is 219 Å². The third kappa shape index (κ3) is 10.2. The van der Waals surface area contributed by atoms with E-state index in [4.69, 9.17) is 10.1 Å². The number of aromatic nitrogens is 9. The summed E-state index contributed by atoms with van der Waals surface area (Å²) in [5.41, 5.74) is 17.0. The molecule has 14 rings (SSSR count). The number of hydrogen-bond donors (Lipinski definition) is 4. The Kier molecular flexibility index (Phi) is 13.2. The summed E-state index contributed by atoms with van der Waals surface area (Å²) in [5.74, 6) is 0.691. The largest absolute Gasteiger partial charge is 0.367 e. The number of anilines is 5. The molecule has 5 aromatic heterocycles. The Morgan fingerprint density at radius 3 is 1.91 bits per heavy atom. The standard InChI is InChI=1S/C68H61N13/c1-77(42-48-17-13-18-52(37-48)81(36-35-79-45-69-44-71-79)53-28-30-66-59(41-53)55-20-6-10-24-62(55)74-66)34-31-49-38-50(39-60-56-21-7-11-25-63(56)75-67(49)60)72-64-26-12-8-22-57(64)68-70-46-80(76-68)33-14-32-78(43-47-15-3-2-4-16-47)51-27-29-65-58(40-51)54-19-5-9-23-61(54)73-65/h2-13,15-30,37-41,44-46,72-75H,14,31-36,42-43H2,1H3. The van der Waals surface area contributed by atoms with Crippen molar-refractivity contribution < 1.29 is 0 Å². The average molecular weight is 1060 g/mol. The Balaban J connectivity index is 0.684. The Morgan fingerprint density at radius 2 is 1.15 bits per heavy atom. The third-order valence-electron chi connectivity index (χ3n) is 15.8. The van der Waals surface area contributed by atoms with Gasteiger partial charge in [-0.2, -0.15) is 10.2 Å². The summed E-state index contributed by atoms with van der Waals surface area (Å²) in [6.45, 7) is 5.47. The minimum absolute atomic E-state index is 0.691. The van der Waals surface area contributed by atoms with Crippen LogP contribution in [-0.2, 0) is 32.6 Å². The van der Waals surface area contributed by atoms with E-state index in [1.165, 1.54) is 60.2 Å². The van der Waals surface area contributed by atoms with Crippen molar-refractivity contribution in [1.82, 2.24) is 49.4 Å². The van der Waals surface area contributed by atoms with Crippen molar-refractivity contribution in [2.45, 2.75) is 39.0 Å². The molecular weight excluding hydrogens is 999 g/mol. The summed E-state index contributed by atoms with van der Waals surface area (Å²) >= 11 is 0. The van der Waals surface area contributed by atoms with Crippen molar-refractivity contribution in [2.75, 3.05) is 41.8 Å². The minimum Gasteiger partial charge on any atom is -0.367 e. The van der Waals surface area contributed by atoms with E-state index in [0.29, 0.717) is 12.4 Å². The van der Waals surface area contributed by atoms with Gasteiger partial charge in [-0.15, -0.1) is 0 Å². The molecule has 0 aliphatic carbocycles. The molecule has 0 bridgehead atoms. The van der Waals surface area contributed by atoms with Gasteiger partial charge in [-0.05, 0) is 128 Å². The van der Waals surface area contributed by atoms with Gasteiger partial charge in [0, 0.05) is 139 Å². The monoisotopic (exact) mass is 1060 g/mol. The molecule has 14 aromatic rings. The van der Waals surface area contributed by atoms with Gasteiger partial charge in [-0.25, -0.2) is 9.97 Å². The molecule has 0 aliphatic heterocycles. The van der Waals surface area contributed by atoms with E-state index in [1.54, 1.807) is 12.7 Å². The Hall–Kier alpha value is -9.98. The van der Waals surface area contributed by atoms with E-state index in [0.717, 1.165) is 108 Å². The maximum absolute atomic E-state index is 5.08. The molecule has 13 nitrogen and oxygen atoms in total. The summed E-state index contributed by atoms with van der Waals surface area (Å²) in [6, 6.07) is 71.8. The lowest BCUT2D eigenvalue weighted by molar-refractivity contribution is 0.331. The molecule has 0 radical (unpaired) electrons. The first kappa shape index (κ1) is 49.3. The zero-order valence-corrected chi connectivity index (χ0v) is 45.2. The van der Waals surface area contributed by atoms with Gasteiger partial charge >= 0.3 is 0 Å². The second kappa shape index (κ2) is 21.7. The lowest BCUT2D eigenvalue weighted by Crippen LogP contribution is -2.25. The molecule has 13 heteroatoms. The maximum Gasteiger partial charge on any atom is 0.183 e. The fourth-order valence-corrected chi connectivity index (χ4v) is 11.8. The Bertz CT molecular complexity index is 4490. The lowest BCUT2D eigenvalue weighted by atomic mass is 10.0. The zero-order valence-electron chi connectivity index (χ0n) is 45.2. The van der Waals surface area contributed by atoms with Gasteiger partial charge in [0.15, 0.2) is 5.82 Å². The number of hydrogen-bond acceptors (Lipinski definition) is 8. The highest BCUT2D eigenvalue weighted by atomic mass is 15.3. The normalized spacial score (nSPS) is 11.8. The molecule has 398 valence electrons. The van der Waals surface area contributed by atoms with E-state index in [2.05, 4.69) is 252 Å². The average Bonchev–Trinajstić information content (AvgIpc) is 4.54. The molecular formula is C68H61N13. The van der Waals surface area contributed by atoms with Gasteiger partial charge in [0.25, 0.3) is 0 Å². The number of nitrogens with one attached hydrogen (secondary N) is 4. The van der Waals surface area contributed by atoms with Crippen molar-refractivity contribution in [3.63, 3.8) is 0 Å². The molecule has 81 heavy (non-hydrogen) atoms. The molecule has 0 spiro atoms. The second-order valence-corrected chi connectivity index (χ2v) is 21.3. The van der Waals surface area contributed by atoms with Crippen LogP contribution in [0.1, 0.15) is 23.1 Å². The van der Waals surface area contributed by atoms with Gasteiger partial charge in [-0.1, -0.05) is 109 Å². The summed E-state index contributed by atoms with van der Waals surface area (Å²) < 4.78 is 3.88. The van der Waals surface area contributed by atoms with Crippen LogP contribution in [0.4, 0.5) is 28.4 Å². The number of nitrogens with zero attached hydrogens (tertiary/aromatic N) is 9. The lowest BCUT2D eigenvalue weighted by Gasteiger charge is -2.26. The van der Waals surface area contributed by atoms with Crippen LogP contribution < -0.4 is 15.1 Å². The highest BCUT2D eigenvalue weighted by Crippen LogP contribution is 2.37. The fourth-order valence-electron chi connectivity index (χ4n) is 11.8. The van der Waals surface area contributed by atoms with Crippen molar-refractivity contribution in [1.29, 1.82) is 0 Å². The number of fused-ring (bicyclic) bond motifs is 9. The SMILES string of the molecule is CN(CCc1cc(Nc2ccccc2-c2ncn(CCCN(Cc3ccccc3)c3ccc4[nH]c5ccccc5c4c3)n2)cc2c1[nH]c1ccccc12)Cc1cccc(N(CCn2cncn2)c2ccc3[nH]c4ccccc4c3c2)c1. The molecule has 0 atom stereocenters.